The summed E-state index contributed by atoms with van der Waals surface area (Å²) in [5.74, 6) is 0.893. The summed E-state index contributed by atoms with van der Waals surface area (Å²) in [6.45, 7) is 8.96. The first-order chi connectivity index (χ1) is 7.12. The fourth-order valence-corrected chi connectivity index (χ4v) is 2.72. The number of hydrogen-bond donors (Lipinski definition) is 0. The highest BCUT2D eigenvalue weighted by Crippen LogP contribution is 2.18. The molecule has 1 heterocycles. The van der Waals surface area contributed by atoms with E-state index in [1.54, 1.807) is 0 Å². The predicted molar refractivity (Wildman–Crippen MR) is 67.9 cm³/mol. The molecule has 1 rings (SSSR count). The van der Waals surface area contributed by atoms with Gasteiger partial charge in [0, 0.05) is 0 Å². The Morgan fingerprint density at radius 3 is 2.20 bits per heavy atom. The first kappa shape index (κ1) is 13.0. The lowest BCUT2D eigenvalue weighted by Crippen LogP contribution is -2.48. The molecule has 1 aliphatic rings. The normalized spacial score (nSPS) is 20.8. The number of likely N-dealkylation sites (tertiary alicyclic amines) is 1. The van der Waals surface area contributed by atoms with E-state index in [0.29, 0.717) is 0 Å². The van der Waals surface area contributed by atoms with Crippen molar-refractivity contribution in [2.24, 2.45) is 5.92 Å². The molecule has 0 atom stereocenters. The molecule has 0 spiro atoms. The Morgan fingerprint density at radius 1 is 0.933 bits per heavy atom. The van der Waals surface area contributed by atoms with Gasteiger partial charge >= 0.3 is 0 Å². The van der Waals surface area contributed by atoms with E-state index in [4.69, 9.17) is 0 Å². The largest absolute Gasteiger partial charge is 0.326 e. The van der Waals surface area contributed by atoms with Crippen LogP contribution in [0.15, 0.2) is 0 Å². The summed E-state index contributed by atoms with van der Waals surface area (Å²) in [5, 5.41) is 0. The molecule has 15 heavy (non-hydrogen) atoms. The maximum atomic E-state index is 2.46. The van der Waals surface area contributed by atoms with Crippen LogP contribution in [0.25, 0.3) is 0 Å². The van der Waals surface area contributed by atoms with Gasteiger partial charge in [-0.05, 0) is 38.0 Å². The van der Waals surface area contributed by atoms with Gasteiger partial charge in [-0.15, -0.1) is 0 Å². The Kier molecular flexibility index (Phi) is 5.66. The lowest BCUT2D eigenvalue weighted by atomic mass is 10.0. The van der Waals surface area contributed by atoms with E-state index in [1.165, 1.54) is 69.1 Å². The molecule has 1 fully saturated rings. The van der Waals surface area contributed by atoms with E-state index >= 15 is 0 Å². The van der Waals surface area contributed by atoms with Gasteiger partial charge in [-0.25, -0.2) is 0 Å². The Hall–Kier alpha value is -0.0400. The van der Waals surface area contributed by atoms with E-state index in [-0.39, 0.29) is 0 Å². The zero-order valence-corrected chi connectivity index (χ0v) is 11.1. The minimum absolute atomic E-state index is 0.893. The van der Waals surface area contributed by atoms with Crippen molar-refractivity contribution >= 4 is 0 Å². The van der Waals surface area contributed by atoms with Crippen LogP contribution in [0.4, 0.5) is 0 Å². The van der Waals surface area contributed by atoms with E-state index in [2.05, 4.69) is 20.9 Å². The van der Waals surface area contributed by atoms with Gasteiger partial charge in [0.15, 0.2) is 0 Å². The van der Waals surface area contributed by atoms with E-state index in [0.717, 1.165) is 5.92 Å². The Balaban J connectivity index is 2.03. The standard InChI is InChI=1S/C14H30N/c1-14(2)10-6-4-7-11-15(3)12-8-5-9-13-15/h14H,4-13H2,1-3H3/q+1. The van der Waals surface area contributed by atoms with Crippen molar-refractivity contribution in [2.75, 3.05) is 26.7 Å². The van der Waals surface area contributed by atoms with Gasteiger partial charge < -0.3 is 4.48 Å². The van der Waals surface area contributed by atoms with E-state index in [1.807, 2.05) is 0 Å². The van der Waals surface area contributed by atoms with Crippen LogP contribution < -0.4 is 0 Å². The van der Waals surface area contributed by atoms with Gasteiger partial charge in [0.05, 0.1) is 26.7 Å². The topological polar surface area (TPSA) is 0 Å². The van der Waals surface area contributed by atoms with Crippen molar-refractivity contribution in [3.05, 3.63) is 0 Å². The van der Waals surface area contributed by atoms with Crippen LogP contribution in [0.3, 0.4) is 0 Å². The van der Waals surface area contributed by atoms with Crippen molar-refractivity contribution in [1.29, 1.82) is 0 Å². The molecule has 0 radical (unpaired) electrons. The Morgan fingerprint density at radius 2 is 1.60 bits per heavy atom. The van der Waals surface area contributed by atoms with Crippen LogP contribution in [0.5, 0.6) is 0 Å². The van der Waals surface area contributed by atoms with E-state index in [9.17, 15) is 0 Å². The number of nitrogens with zero attached hydrogens (tertiary/aromatic N) is 1. The molecule has 1 heteroatoms. The average molecular weight is 212 g/mol. The molecule has 90 valence electrons. The van der Waals surface area contributed by atoms with Crippen molar-refractivity contribution < 1.29 is 4.48 Å². The molecule has 1 aliphatic heterocycles. The van der Waals surface area contributed by atoms with Gasteiger partial charge in [-0.2, -0.15) is 0 Å². The van der Waals surface area contributed by atoms with Crippen molar-refractivity contribution in [2.45, 2.75) is 58.8 Å². The second kappa shape index (κ2) is 6.52. The quantitative estimate of drug-likeness (QED) is 0.463. The molecule has 1 nitrogen and oxygen atoms in total. The summed E-state index contributed by atoms with van der Waals surface area (Å²) in [6, 6.07) is 0. The van der Waals surface area contributed by atoms with Gasteiger partial charge in [-0.1, -0.05) is 26.7 Å². The lowest BCUT2D eigenvalue weighted by Gasteiger charge is -2.37. The second-order valence-corrected chi connectivity index (χ2v) is 6.09. The molecule has 0 aromatic carbocycles. The smallest absolute Gasteiger partial charge is 0.0784 e. The van der Waals surface area contributed by atoms with Crippen LogP contribution in [0.1, 0.15) is 58.8 Å². The summed E-state index contributed by atoms with van der Waals surface area (Å²) < 4.78 is 1.36. The first-order valence-corrected chi connectivity index (χ1v) is 6.96. The summed E-state index contributed by atoms with van der Waals surface area (Å²) in [7, 11) is 2.46. The van der Waals surface area contributed by atoms with Crippen LogP contribution >= 0.6 is 0 Å². The summed E-state index contributed by atoms with van der Waals surface area (Å²) in [6.07, 6.45) is 10.2. The minimum atomic E-state index is 0.893. The van der Waals surface area contributed by atoms with Crippen LogP contribution in [0, 0.1) is 5.92 Å². The maximum absolute atomic E-state index is 2.46. The van der Waals surface area contributed by atoms with Crippen LogP contribution in [-0.2, 0) is 0 Å². The summed E-state index contributed by atoms with van der Waals surface area (Å²) >= 11 is 0. The molecule has 0 N–H and O–H groups in total. The minimum Gasteiger partial charge on any atom is -0.326 e. The van der Waals surface area contributed by atoms with Crippen LogP contribution in [0.2, 0.25) is 0 Å². The lowest BCUT2D eigenvalue weighted by molar-refractivity contribution is -0.914. The van der Waals surface area contributed by atoms with Gasteiger partial charge in [-0.3, -0.25) is 0 Å². The highest BCUT2D eigenvalue weighted by molar-refractivity contribution is 4.53. The number of unbranched alkanes of at least 4 members (excludes halogenated alkanes) is 2. The third-order valence-electron chi connectivity index (χ3n) is 3.88. The van der Waals surface area contributed by atoms with E-state index < -0.39 is 0 Å². The third kappa shape index (κ3) is 5.55. The zero-order valence-electron chi connectivity index (χ0n) is 11.1. The first-order valence-electron chi connectivity index (χ1n) is 6.96. The number of quaternary nitrogens is 1. The van der Waals surface area contributed by atoms with Crippen molar-refractivity contribution in [1.82, 2.24) is 0 Å². The van der Waals surface area contributed by atoms with Crippen molar-refractivity contribution in [3.63, 3.8) is 0 Å². The average Bonchev–Trinajstić information content (AvgIpc) is 2.17. The molecule has 0 aromatic heterocycles. The highest BCUT2D eigenvalue weighted by Gasteiger charge is 2.23. The van der Waals surface area contributed by atoms with Gasteiger partial charge in [0.1, 0.15) is 0 Å². The maximum Gasteiger partial charge on any atom is 0.0784 e. The predicted octanol–water partition coefficient (Wildman–Crippen LogP) is 3.83. The molecule has 0 bridgehead atoms. The fraction of sp³-hybridized carbons (Fsp3) is 1.00. The molecule has 1 saturated heterocycles. The third-order valence-corrected chi connectivity index (χ3v) is 3.88. The van der Waals surface area contributed by atoms with Gasteiger partial charge in [0.2, 0.25) is 0 Å². The number of hydrogen-bond acceptors (Lipinski definition) is 0. The zero-order chi connectivity index (χ0) is 11.1. The van der Waals surface area contributed by atoms with Crippen LogP contribution in [-0.4, -0.2) is 31.2 Å². The SMILES string of the molecule is CC(C)CCCCC[N+]1(C)CCCCC1. The monoisotopic (exact) mass is 212 g/mol. The van der Waals surface area contributed by atoms with Gasteiger partial charge in [0.25, 0.3) is 0 Å². The fourth-order valence-electron chi connectivity index (χ4n) is 2.72. The highest BCUT2D eigenvalue weighted by atomic mass is 15.3. The molecule has 0 amide bonds. The molecule has 0 saturated carbocycles. The van der Waals surface area contributed by atoms with Crippen molar-refractivity contribution in [3.8, 4) is 0 Å². The molecular formula is C14H30N+. The molecule has 0 unspecified atom stereocenters. The summed E-state index contributed by atoms with van der Waals surface area (Å²) in [4.78, 5) is 0. The molecule has 0 aromatic rings. The summed E-state index contributed by atoms with van der Waals surface area (Å²) in [5.41, 5.74) is 0. The molecular weight excluding hydrogens is 182 g/mol. The Bertz CT molecular complexity index is 157. The molecule has 0 aliphatic carbocycles. The number of rotatable bonds is 6. The Labute approximate surface area is 96.4 Å². The number of piperidine rings is 1. The second-order valence-electron chi connectivity index (χ2n) is 6.09.